The molecule has 2 heteroatoms. The van der Waals surface area contributed by atoms with Gasteiger partial charge in [-0.3, -0.25) is 4.98 Å². The third kappa shape index (κ3) is 3.54. The summed E-state index contributed by atoms with van der Waals surface area (Å²) < 4.78 is 1.09. The third-order valence-electron chi connectivity index (χ3n) is 2.69. The highest BCUT2D eigenvalue weighted by Crippen LogP contribution is 2.20. The van der Waals surface area contributed by atoms with Crippen molar-refractivity contribution in [2.75, 3.05) is 0 Å². The summed E-state index contributed by atoms with van der Waals surface area (Å²) >= 11 is 3.44. The summed E-state index contributed by atoms with van der Waals surface area (Å²) in [6, 6.07) is 12.4. The van der Waals surface area contributed by atoms with E-state index in [-0.39, 0.29) is 0 Å². The highest BCUT2D eigenvalue weighted by Gasteiger charge is 1.98. The molecule has 1 heterocycles. The van der Waals surface area contributed by atoms with Gasteiger partial charge >= 0.3 is 0 Å². The minimum atomic E-state index is 1.01. The Morgan fingerprint density at radius 2 is 1.89 bits per heavy atom. The number of hydrogen-bond donors (Lipinski definition) is 0. The molecule has 1 aromatic carbocycles. The van der Waals surface area contributed by atoms with E-state index in [0.29, 0.717) is 0 Å². The lowest BCUT2D eigenvalue weighted by Gasteiger charge is -2.01. The molecular weight excluding hydrogens is 286 g/mol. The highest BCUT2D eigenvalue weighted by atomic mass is 79.9. The molecule has 0 saturated heterocycles. The van der Waals surface area contributed by atoms with Crippen LogP contribution in [0.15, 0.2) is 53.1 Å². The standard InChI is InChI=1S/C16H16BrN/c1-2-3-4-5-13-6-11-16(18-12-13)14-7-9-15(17)10-8-14/h4-12H,2-3H2,1H3. The second-order valence-electron chi connectivity index (χ2n) is 4.17. The molecule has 0 amide bonds. The molecule has 0 aliphatic rings. The van der Waals surface area contributed by atoms with E-state index in [1.165, 1.54) is 6.42 Å². The molecule has 1 aromatic heterocycles. The van der Waals surface area contributed by atoms with E-state index >= 15 is 0 Å². The van der Waals surface area contributed by atoms with Crippen LogP contribution in [-0.2, 0) is 0 Å². The van der Waals surface area contributed by atoms with Gasteiger partial charge in [-0.2, -0.15) is 0 Å². The Kier molecular flexibility index (Phi) is 4.71. The summed E-state index contributed by atoms with van der Waals surface area (Å²) in [6.07, 6.45) is 8.54. The van der Waals surface area contributed by atoms with E-state index < -0.39 is 0 Å². The van der Waals surface area contributed by atoms with Gasteiger partial charge in [0.05, 0.1) is 5.69 Å². The SMILES string of the molecule is CCCC=Cc1ccc(-c2ccc(Br)cc2)nc1. The van der Waals surface area contributed by atoms with Gasteiger partial charge in [0.2, 0.25) is 0 Å². The fourth-order valence-corrected chi connectivity index (χ4v) is 1.95. The van der Waals surface area contributed by atoms with Crippen molar-refractivity contribution in [3.8, 4) is 11.3 Å². The van der Waals surface area contributed by atoms with Gasteiger partial charge in [-0.25, -0.2) is 0 Å². The second kappa shape index (κ2) is 6.50. The van der Waals surface area contributed by atoms with Crippen LogP contribution in [0.2, 0.25) is 0 Å². The van der Waals surface area contributed by atoms with E-state index in [1.54, 1.807) is 0 Å². The summed E-state index contributed by atoms with van der Waals surface area (Å²) in [5.41, 5.74) is 3.31. The number of hydrogen-bond acceptors (Lipinski definition) is 1. The maximum absolute atomic E-state index is 4.49. The molecule has 0 bridgehead atoms. The van der Waals surface area contributed by atoms with Crippen molar-refractivity contribution in [3.63, 3.8) is 0 Å². The summed E-state index contributed by atoms with van der Waals surface area (Å²) in [4.78, 5) is 4.49. The van der Waals surface area contributed by atoms with Gasteiger partial charge in [-0.05, 0) is 30.2 Å². The normalized spacial score (nSPS) is 11.0. The van der Waals surface area contributed by atoms with Crippen LogP contribution in [0.5, 0.6) is 0 Å². The first-order valence-electron chi connectivity index (χ1n) is 6.18. The molecule has 0 radical (unpaired) electrons. The predicted molar refractivity (Wildman–Crippen MR) is 81.3 cm³/mol. The lowest BCUT2D eigenvalue weighted by atomic mass is 10.1. The molecule has 0 saturated carbocycles. The van der Waals surface area contributed by atoms with Crippen molar-refractivity contribution in [3.05, 3.63) is 58.7 Å². The Balaban J connectivity index is 2.14. The number of unbranched alkanes of at least 4 members (excludes halogenated alkanes) is 1. The summed E-state index contributed by atoms with van der Waals surface area (Å²) in [5, 5.41) is 0. The fourth-order valence-electron chi connectivity index (χ4n) is 1.68. The zero-order chi connectivity index (χ0) is 12.8. The van der Waals surface area contributed by atoms with E-state index in [9.17, 15) is 0 Å². The first-order valence-corrected chi connectivity index (χ1v) is 6.97. The molecule has 0 N–H and O–H groups in total. The molecular formula is C16H16BrN. The van der Waals surface area contributed by atoms with Crippen LogP contribution in [0.25, 0.3) is 17.3 Å². The first-order chi connectivity index (χ1) is 8.79. The van der Waals surface area contributed by atoms with Crippen LogP contribution < -0.4 is 0 Å². The molecule has 0 atom stereocenters. The Labute approximate surface area is 117 Å². The van der Waals surface area contributed by atoms with Gasteiger partial charge in [0.1, 0.15) is 0 Å². The maximum Gasteiger partial charge on any atom is 0.0702 e. The third-order valence-corrected chi connectivity index (χ3v) is 3.22. The van der Waals surface area contributed by atoms with E-state index in [2.05, 4.69) is 64.3 Å². The molecule has 0 spiro atoms. The fraction of sp³-hybridized carbons (Fsp3) is 0.188. The molecule has 0 aliphatic heterocycles. The van der Waals surface area contributed by atoms with Crippen molar-refractivity contribution in [2.45, 2.75) is 19.8 Å². The average molecular weight is 302 g/mol. The van der Waals surface area contributed by atoms with Gasteiger partial charge in [0.15, 0.2) is 0 Å². The van der Waals surface area contributed by atoms with Crippen molar-refractivity contribution in [1.29, 1.82) is 0 Å². The number of benzene rings is 1. The van der Waals surface area contributed by atoms with Gasteiger partial charge in [0, 0.05) is 16.2 Å². The van der Waals surface area contributed by atoms with Gasteiger partial charge < -0.3 is 0 Å². The number of aromatic nitrogens is 1. The van der Waals surface area contributed by atoms with Crippen molar-refractivity contribution >= 4 is 22.0 Å². The molecule has 0 aliphatic carbocycles. The van der Waals surface area contributed by atoms with E-state index in [4.69, 9.17) is 0 Å². The van der Waals surface area contributed by atoms with Crippen LogP contribution in [-0.4, -0.2) is 4.98 Å². The molecule has 1 nitrogen and oxygen atoms in total. The first kappa shape index (κ1) is 13.0. The van der Waals surface area contributed by atoms with Crippen molar-refractivity contribution in [1.82, 2.24) is 4.98 Å². The number of nitrogens with zero attached hydrogens (tertiary/aromatic N) is 1. The van der Waals surface area contributed by atoms with Crippen LogP contribution in [0.3, 0.4) is 0 Å². The second-order valence-corrected chi connectivity index (χ2v) is 5.09. The summed E-state index contributed by atoms with van der Waals surface area (Å²) in [6.45, 7) is 2.18. The zero-order valence-corrected chi connectivity index (χ0v) is 12.0. The number of pyridine rings is 1. The molecule has 18 heavy (non-hydrogen) atoms. The molecule has 2 aromatic rings. The van der Waals surface area contributed by atoms with E-state index in [0.717, 1.165) is 27.7 Å². The van der Waals surface area contributed by atoms with Crippen molar-refractivity contribution in [2.24, 2.45) is 0 Å². The number of rotatable bonds is 4. The number of allylic oxidation sites excluding steroid dienone is 1. The van der Waals surface area contributed by atoms with Crippen LogP contribution in [0.1, 0.15) is 25.3 Å². The average Bonchev–Trinajstić information content (AvgIpc) is 2.41. The topological polar surface area (TPSA) is 12.9 Å². The van der Waals surface area contributed by atoms with Crippen molar-refractivity contribution < 1.29 is 0 Å². The monoisotopic (exact) mass is 301 g/mol. The smallest absolute Gasteiger partial charge is 0.0702 e. The lowest BCUT2D eigenvalue weighted by molar-refractivity contribution is 0.962. The van der Waals surface area contributed by atoms with E-state index in [1.807, 2.05) is 18.3 Å². The van der Waals surface area contributed by atoms with Crippen LogP contribution in [0, 0.1) is 0 Å². The van der Waals surface area contributed by atoms with Gasteiger partial charge in [0.25, 0.3) is 0 Å². The van der Waals surface area contributed by atoms with Gasteiger partial charge in [-0.15, -0.1) is 0 Å². The van der Waals surface area contributed by atoms with Gasteiger partial charge in [-0.1, -0.05) is 59.6 Å². The minimum Gasteiger partial charge on any atom is -0.256 e. The highest BCUT2D eigenvalue weighted by molar-refractivity contribution is 9.10. The lowest BCUT2D eigenvalue weighted by Crippen LogP contribution is -1.83. The summed E-state index contributed by atoms with van der Waals surface area (Å²) in [7, 11) is 0. The van der Waals surface area contributed by atoms with Crippen LogP contribution >= 0.6 is 15.9 Å². The Morgan fingerprint density at radius 1 is 1.11 bits per heavy atom. The summed E-state index contributed by atoms with van der Waals surface area (Å²) in [5.74, 6) is 0. The molecule has 0 unspecified atom stereocenters. The minimum absolute atomic E-state index is 1.01. The quantitative estimate of drug-likeness (QED) is 0.744. The molecule has 2 rings (SSSR count). The largest absolute Gasteiger partial charge is 0.256 e. The number of halogens is 1. The van der Waals surface area contributed by atoms with Crippen LogP contribution in [0.4, 0.5) is 0 Å². The Morgan fingerprint density at radius 3 is 2.50 bits per heavy atom. The molecule has 0 fully saturated rings. The Bertz CT molecular complexity index is 512. The molecule has 92 valence electrons. The zero-order valence-electron chi connectivity index (χ0n) is 10.4. The Hall–Kier alpha value is -1.41. The predicted octanol–water partition coefficient (Wildman–Crippen LogP) is 5.32. The maximum atomic E-state index is 4.49.